The smallest absolute Gasteiger partial charge is 0.180 e. The second-order valence-corrected chi connectivity index (χ2v) is 5.04. The minimum atomic E-state index is 0.504. The van der Waals surface area contributed by atoms with Gasteiger partial charge in [0.15, 0.2) is 11.5 Å². The van der Waals surface area contributed by atoms with Gasteiger partial charge in [0.25, 0.3) is 0 Å². The lowest BCUT2D eigenvalue weighted by Gasteiger charge is -2.29. The van der Waals surface area contributed by atoms with Gasteiger partial charge >= 0.3 is 0 Å². The quantitative estimate of drug-likeness (QED) is 0.880. The molecule has 0 spiro atoms. The number of hydrogen-bond donors (Lipinski definition) is 1. The fourth-order valence-corrected chi connectivity index (χ4v) is 2.96. The predicted octanol–water partition coefficient (Wildman–Crippen LogP) is 2.08. The van der Waals surface area contributed by atoms with Crippen molar-refractivity contribution in [1.29, 1.82) is 0 Å². The van der Waals surface area contributed by atoms with Gasteiger partial charge in [-0.05, 0) is 26.2 Å². The average Bonchev–Trinajstić information content (AvgIpc) is 2.94. The molecule has 18 heavy (non-hydrogen) atoms. The molecule has 0 aliphatic carbocycles. The summed E-state index contributed by atoms with van der Waals surface area (Å²) in [6, 6.07) is 1.06. The number of nitrogen functional groups attached to an aromatic ring is 1. The van der Waals surface area contributed by atoms with Crippen molar-refractivity contribution in [3.63, 3.8) is 0 Å². The largest absolute Gasteiger partial charge is 0.382 e. The fourth-order valence-electron chi connectivity index (χ4n) is 2.96. The molecule has 3 heterocycles. The highest BCUT2D eigenvalue weighted by Crippen LogP contribution is 2.33. The van der Waals surface area contributed by atoms with E-state index in [2.05, 4.69) is 28.7 Å². The third-order valence-electron chi connectivity index (χ3n) is 3.88. The highest BCUT2D eigenvalue weighted by molar-refractivity contribution is 5.67. The maximum atomic E-state index is 5.90. The van der Waals surface area contributed by atoms with E-state index in [1.165, 1.54) is 12.8 Å². The van der Waals surface area contributed by atoms with Crippen molar-refractivity contribution >= 4 is 17.3 Å². The zero-order valence-electron chi connectivity index (χ0n) is 10.9. The Morgan fingerprint density at radius 1 is 1.44 bits per heavy atom. The third-order valence-corrected chi connectivity index (χ3v) is 3.88. The molecule has 2 N–H and O–H groups in total. The van der Waals surface area contributed by atoms with Crippen LogP contribution >= 0.6 is 0 Å². The van der Waals surface area contributed by atoms with Gasteiger partial charge in [0.2, 0.25) is 0 Å². The summed E-state index contributed by atoms with van der Waals surface area (Å²) in [5.41, 5.74) is 6.80. The molecule has 2 aromatic rings. The predicted molar refractivity (Wildman–Crippen MR) is 72.7 cm³/mol. The second kappa shape index (κ2) is 4.15. The monoisotopic (exact) mass is 245 g/mol. The first kappa shape index (κ1) is 11.3. The van der Waals surface area contributed by atoms with Crippen LogP contribution in [-0.4, -0.2) is 26.5 Å². The van der Waals surface area contributed by atoms with Crippen molar-refractivity contribution in [3.8, 4) is 0 Å². The Labute approximate surface area is 107 Å². The van der Waals surface area contributed by atoms with E-state index >= 15 is 0 Å². The van der Waals surface area contributed by atoms with Crippen LogP contribution in [0.3, 0.4) is 0 Å². The van der Waals surface area contributed by atoms with Gasteiger partial charge in [0.05, 0.1) is 6.20 Å². The second-order valence-electron chi connectivity index (χ2n) is 5.04. The number of rotatable bonds is 2. The average molecular weight is 245 g/mol. The first-order valence-electron chi connectivity index (χ1n) is 6.58. The van der Waals surface area contributed by atoms with Gasteiger partial charge in [-0.1, -0.05) is 6.92 Å². The van der Waals surface area contributed by atoms with Crippen LogP contribution < -0.4 is 10.6 Å². The minimum Gasteiger partial charge on any atom is -0.382 e. The van der Waals surface area contributed by atoms with Crippen LogP contribution in [-0.2, 0) is 0 Å². The molecule has 1 fully saturated rings. The summed E-state index contributed by atoms with van der Waals surface area (Å²) < 4.78 is 1.95. The number of imidazole rings is 1. The highest BCUT2D eigenvalue weighted by Gasteiger charge is 2.32. The molecule has 1 aliphatic rings. The maximum absolute atomic E-state index is 5.90. The van der Waals surface area contributed by atoms with E-state index in [9.17, 15) is 0 Å². The Morgan fingerprint density at radius 3 is 3.06 bits per heavy atom. The van der Waals surface area contributed by atoms with Gasteiger partial charge in [-0.3, -0.25) is 0 Å². The number of nitrogens with two attached hydrogens (primary N) is 1. The molecule has 5 heteroatoms. The Morgan fingerprint density at radius 2 is 2.28 bits per heavy atom. The van der Waals surface area contributed by atoms with E-state index < -0.39 is 0 Å². The van der Waals surface area contributed by atoms with E-state index in [-0.39, 0.29) is 0 Å². The van der Waals surface area contributed by atoms with Gasteiger partial charge in [-0.15, -0.1) is 0 Å². The molecule has 1 saturated heterocycles. The topological polar surface area (TPSA) is 59.5 Å². The number of nitrogens with zero attached hydrogens (tertiary/aromatic N) is 4. The summed E-state index contributed by atoms with van der Waals surface area (Å²) in [6.45, 7) is 4.48. The molecule has 3 rings (SSSR count). The normalized spacial score (nSPS) is 24.0. The van der Waals surface area contributed by atoms with Crippen LogP contribution in [0.1, 0.15) is 33.1 Å². The SMILES string of the molecule is CCC1CCC(C)N1c1nc(N)cn2ccnc12. The lowest BCUT2D eigenvalue weighted by molar-refractivity contribution is 0.622. The van der Waals surface area contributed by atoms with Crippen molar-refractivity contribution in [2.45, 2.75) is 45.2 Å². The van der Waals surface area contributed by atoms with E-state index in [4.69, 9.17) is 5.73 Å². The summed E-state index contributed by atoms with van der Waals surface area (Å²) in [4.78, 5) is 11.3. The maximum Gasteiger partial charge on any atom is 0.180 e. The van der Waals surface area contributed by atoms with E-state index in [1.54, 1.807) is 6.20 Å². The van der Waals surface area contributed by atoms with Crippen LogP contribution in [0.15, 0.2) is 18.6 Å². The standard InChI is InChI=1S/C13H19N5/c1-3-10-5-4-9(2)18(10)13-12-15-6-7-17(12)8-11(14)16-13/h6-10H,3-5,14H2,1-2H3. The van der Waals surface area contributed by atoms with Crippen molar-refractivity contribution < 1.29 is 0 Å². The molecule has 1 aliphatic heterocycles. The van der Waals surface area contributed by atoms with E-state index in [0.29, 0.717) is 17.9 Å². The lowest BCUT2D eigenvalue weighted by atomic mass is 10.1. The van der Waals surface area contributed by atoms with E-state index in [0.717, 1.165) is 17.9 Å². The lowest BCUT2D eigenvalue weighted by Crippen LogP contribution is -2.35. The summed E-state index contributed by atoms with van der Waals surface area (Å²) >= 11 is 0. The van der Waals surface area contributed by atoms with Gasteiger partial charge < -0.3 is 15.0 Å². The Balaban J connectivity index is 2.15. The Kier molecular flexibility index (Phi) is 2.61. The van der Waals surface area contributed by atoms with Crippen LogP contribution in [0.4, 0.5) is 11.6 Å². The minimum absolute atomic E-state index is 0.504. The van der Waals surface area contributed by atoms with Crippen LogP contribution in [0.25, 0.3) is 5.65 Å². The zero-order valence-corrected chi connectivity index (χ0v) is 10.9. The Bertz CT molecular complexity index is 562. The van der Waals surface area contributed by atoms with Crippen molar-refractivity contribution in [2.24, 2.45) is 0 Å². The van der Waals surface area contributed by atoms with Crippen molar-refractivity contribution in [3.05, 3.63) is 18.6 Å². The molecule has 2 aromatic heterocycles. The summed E-state index contributed by atoms with van der Waals surface area (Å²) in [6.07, 6.45) is 9.09. The third kappa shape index (κ3) is 1.62. The van der Waals surface area contributed by atoms with Gasteiger partial charge in [-0.2, -0.15) is 0 Å². The molecule has 2 atom stereocenters. The molecule has 0 aromatic carbocycles. The fraction of sp³-hybridized carbons (Fsp3) is 0.538. The van der Waals surface area contributed by atoms with Crippen LogP contribution in [0, 0.1) is 0 Å². The van der Waals surface area contributed by atoms with Gasteiger partial charge in [0.1, 0.15) is 5.82 Å². The summed E-state index contributed by atoms with van der Waals surface area (Å²) in [7, 11) is 0. The molecule has 0 saturated carbocycles. The summed E-state index contributed by atoms with van der Waals surface area (Å²) in [5.74, 6) is 1.47. The zero-order chi connectivity index (χ0) is 12.7. The van der Waals surface area contributed by atoms with Crippen LogP contribution in [0.2, 0.25) is 0 Å². The van der Waals surface area contributed by atoms with Crippen LogP contribution in [0.5, 0.6) is 0 Å². The summed E-state index contributed by atoms with van der Waals surface area (Å²) in [5, 5.41) is 0. The van der Waals surface area contributed by atoms with Gasteiger partial charge in [0, 0.05) is 24.5 Å². The first-order chi connectivity index (χ1) is 8.70. The number of hydrogen-bond acceptors (Lipinski definition) is 4. The molecule has 0 radical (unpaired) electrons. The van der Waals surface area contributed by atoms with Gasteiger partial charge in [-0.25, -0.2) is 9.97 Å². The molecule has 2 unspecified atom stereocenters. The molecule has 96 valence electrons. The molecular formula is C13H19N5. The number of anilines is 2. The van der Waals surface area contributed by atoms with Crippen molar-refractivity contribution in [1.82, 2.24) is 14.4 Å². The van der Waals surface area contributed by atoms with Crippen molar-refractivity contribution in [2.75, 3.05) is 10.6 Å². The number of aromatic nitrogens is 3. The first-order valence-corrected chi connectivity index (χ1v) is 6.58. The van der Waals surface area contributed by atoms with E-state index in [1.807, 2.05) is 16.8 Å². The molecular weight excluding hydrogens is 226 g/mol. The number of fused-ring (bicyclic) bond motifs is 1. The molecule has 0 amide bonds. The Hall–Kier alpha value is -1.78. The highest BCUT2D eigenvalue weighted by atomic mass is 15.3. The molecule has 0 bridgehead atoms. The molecule has 5 nitrogen and oxygen atoms in total.